The van der Waals surface area contributed by atoms with Crippen molar-refractivity contribution in [2.75, 3.05) is 63.4 Å². The summed E-state index contributed by atoms with van der Waals surface area (Å²) in [5.74, 6) is 0.386. The van der Waals surface area contributed by atoms with Crippen molar-refractivity contribution in [1.82, 2.24) is 9.88 Å². The molecule has 1 amide bonds. The molecule has 2 aromatic carbocycles. The summed E-state index contributed by atoms with van der Waals surface area (Å²) in [6.45, 7) is 4.26. The number of morpholine rings is 1. The van der Waals surface area contributed by atoms with E-state index in [1.165, 1.54) is 30.6 Å². The van der Waals surface area contributed by atoms with Crippen molar-refractivity contribution >= 4 is 66.6 Å². The maximum Gasteiger partial charge on any atom is 0.228 e. The van der Waals surface area contributed by atoms with Gasteiger partial charge in [-0.15, -0.1) is 24.2 Å². The Morgan fingerprint density at radius 2 is 1.92 bits per heavy atom. The molecule has 202 valence electrons. The summed E-state index contributed by atoms with van der Waals surface area (Å²) in [6, 6.07) is 12.4. The lowest BCUT2D eigenvalue weighted by atomic mass is 10.3. The highest BCUT2D eigenvalue weighted by Gasteiger charge is 2.23. The van der Waals surface area contributed by atoms with Crippen LogP contribution < -0.4 is 9.64 Å². The number of anilines is 1. The molecule has 0 N–H and O–H groups in total. The number of nitrogens with zero attached hydrogens (tertiary/aromatic N) is 3. The van der Waals surface area contributed by atoms with Crippen LogP contribution in [0.25, 0.3) is 10.2 Å². The number of halogens is 1. The first-order chi connectivity index (χ1) is 17.4. The molecule has 8 nitrogen and oxygen atoms in total. The second-order valence-electron chi connectivity index (χ2n) is 8.43. The Bertz CT molecular complexity index is 1280. The van der Waals surface area contributed by atoms with Gasteiger partial charge in [0.15, 0.2) is 15.0 Å². The van der Waals surface area contributed by atoms with Crippen LogP contribution in [0.1, 0.15) is 12.8 Å². The van der Waals surface area contributed by atoms with Gasteiger partial charge in [-0.3, -0.25) is 14.6 Å². The quantitative estimate of drug-likeness (QED) is 0.307. The summed E-state index contributed by atoms with van der Waals surface area (Å²) in [7, 11) is -1.96. The smallest absolute Gasteiger partial charge is 0.228 e. The summed E-state index contributed by atoms with van der Waals surface area (Å²) in [5.41, 5.74) is 0.860. The molecule has 0 atom stereocenters. The SMILES string of the molecule is COc1ccc(S(=O)(=O)CCCC(=O)N(CCN2CCOCC2)c2nc3ccc(SC)cc3s2)cc1.Cl. The highest BCUT2D eigenvalue weighted by molar-refractivity contribution is 7.98. The highest BCUT2D eigenvalue weighted by atomic mass is 35.5. The number of sulfone groups is 1. The maximum atomic E-state index is 13.4. The number of carbonyl (C=O) groups excluding carboxylic acids is 1. The molecule has 12 heteroatoms. The van der Waals surface area contributed by atoms with E-state index in [0.29, 0.717) is 37.2 Å². The fraction of sp³-hybridized carbons (Fsp3) is 0.440. The van der Waals surface area contributed by atoms with Crippen LogP contribution in [0.4, 0.5) is 5.13 Å². The van der Waals surface area contributed by atoms with Crippen LogP contribution in [-0.2, 0) is 19.4 Å². The van der Waals surface area contributed by atoms with E-state index in [0.717, 1.165) is 28.2 Å². The van der Waals surface area contributed by atoms with Crippen LogP contribution in [0, 0.1) is 0 Å². The first-order valence-electron chi connectivity index (χ1n) is 11.8. The average Bonchev–Trinajstić information content (AvgIpc) is 3.32. The molecule has 1 fully saturated rings. The Hall–Kier alpha value is -1.89. The molecule has 37 heavy (non-hydrogen) atoms. The van der Waals surface area contributed by atoms with E-state index < -0.39 is 9.84 Å². The predicted octanol–water partition coefficient (Wildman–Crippen LogP) is 4.37. The van der Waals surface area contributed by atoms with Crippen molar-refractivity contribution in [2.45, 2.75) is 22.6 Å². The first-order valence-corrected chi connectivity index (χ1v) is 15.5. The Morgan fingerprint density at radius 1 is 1.19 bits per heavy atom. The summed E-state index contributed by atoms with van der Waals surface area (Å²) >= 11 is 3.16. The predicted molar refractivity (Wildman–Crippen MR) is 153 cm³/mol. The number of thioether (sulfide) groups is 1. The number of thiazole rings is 1. The van der Waals surface area contributed by atoms with Crippen molar-refractivity contribution in [3.8, 4) is 5.75 Å². The van der Waals surface area contributed by atoms with E-state index in [2.05, 4.69) is 11.0 Å². The fourth-order valence-corrected chi connectivity index (χ4v) is 6.85. The van der Waals surface area contributed by atoms with Crippen LogP contribution in [0.2, 0.25) is 0 Å². The molecule has 0 saturated carbocycles. The molecule has 0 bridgehead atoms. The number of benzene rings is 2. The van der Waals surface area contributed by atoms with E-state index in [9.17, 15) is 13.2 Å². The van der Waals surface area contributed by atoms with Crippen molar-refractivity contribution in [3.05, 3.63) is 42.5 Å². The number of aromatic nitrogens is 1. The number of fused-ring (bicyclic) bond motifs is 1. The second-order valence-corrected chi connectivity index (χ2v) is 12.4. The summed E-state index contributed by atoms with van der Waals surface area (Å²) in [6.07, 6.45) is 2.40. The molecule has 0 aliphatic carbocycles. The number of hydrogen-bond donors (Lipinski definition) is 0. The van der Waals surface area contributed by atoms with E-state index >= 15 is 0 Å². The molecule has 4 rings (SSSR count). The molecule has 0 unspecified atom stereocenters. The van der Waals surface area contributed by atoms with Crippen LogP contribution in [0.15, 0.2) is 52.3 Å². The van der Waals surface area contributed by atoms with E-state index in [1.54, 1.807) is 28.8 Å². The van der Waals surface area contributed by atoms with E-state index in [4.69, 9.17) is 14.5 Å². The number of methoxy groups -OCH3 is 1. The third-order valence-corrected chi connectivity index (χ3v) is 9.67. The standard InChI is InChI=1S/C25H31N3O5S3.ClH/c1-32-19-5-8-21(9-6-19)36(30,31)17-3-4-24(29)28(12-11-27-13-15-33-16-14-27)25-26-22-10-7-20(34-2)18-23(22)35-25;/h5-10,18H,3-4,11-17H2,1-2H3;1H. The van der Waals surface area contributed by atoms with Gasteiger partial charge in [0.2, 0.25) is 5.91 Å². The number of amides is 1. The van der Waals surface area contributed by atoms with Crippen molar-refractivity contribution in [2.24, 2.45) is 0 Å². The molecule has 2 heterocycles. The molecular formula is C25H32ClN3O5S3. The minimum atomic E-state index is -3.49. The Morgan fingerprint density at radius 3 is 2.59 bits per heavy atom. The highest BCUT2D eigenvalue weighted by Crippen LogP contribution is 2.32. The van der Waals surface area contributed by atoms with Gasteiger partial charge in [-0.05, 0) is 55.1 Å². The third kappa shape index (κ3) is 7.81. The summed E-state index contributed by atoms with van der Waals surface area (Å²) < 4.78 is 37.1. The lowest BCUT2D eigenvalue weighted by molar-refractivity contribution is -0.118. The molecule has 3 aromatic rings. The Balaban J connectivity index is 0.00000380. The lowest BCUT2D eigenvalue weighted by Gasteiger charge is -2.29. The monoisotopic (exact) mass is 585 g/mol. The van der Waals surface area contributed by atoms with Gasteiger partial charge in [0.25, 0.3) is 0 Å². The van der Waals surface area contributed by atoms with Gasteiger partial charge in [0.05, 0.1) is 41.2 Å². The average molecular weight is 586 g/mol. The lowest BCUT2D eigenvalue weighted by Crippen LogP contribution is -2.43. The fourth-order valence-electron chi connectivity index (χ4n) is 3.98. The largest absolute Gasteiger partial charge is 0.497 e. The minimum absolute atomic E-state index is 0. The van der Waals surface area contributed by atoms with Gasteiger partial charge in [0, 0.05) is 37.5 Å². The van der Waals surface area contributed by atoms with Gasteiger partial charge in [-0.25, -0.2) is 13.4 Å². The van der Waals surface area contributed by atoms with Crippen molar-refractivity contribution < 1.29 is 22.7 Å². The Labute approximate surface area is 232 Å². The van der Waals surface area contributed by atoms with Crippen LogP contribution in [-0.4, -0.2) is 82.7 Å². The van der Waals surface area contributed by atoms with Crippen molar-refractivity contribution in [3.63, 3.8) is 0 Å². The molecule has 1 saturated heterocycles. The number of carbonyl (C=O) groups is 1. The van der Waals surface area contributed by atoms with Crippen LogP contribution in [0.3, 0.4) is 0 Å². The Kier molecular flexibility index (Phi) is 11.0. The number of hydrogen-bond acceptors (Lipinski definition) is 9. The minimum Gasteiger partial charge on any atom is -0.497 e. The maximum absolute atomic E-state index is 13.4. The van der Waals surface area contributed by atoms with E-state index in [-0.39, 0.29) is 41.8 Å². The van der Waals surface area contributed by atoms with Gasteiger partial charge in [-0.2, -0.15) is 0 Å². The number of ether oxygens (including phenoxy) is 2. The molecule has 1 aliphatic rings. The number of rotatable bonds is 11. The first kappa shape index (κ1) is 29.7. The zero-order chi connectivity index (χ0) is 25.5. The molecular weight excluding hydrogens is 554 g/mol. The van der Waals surface area contributed by atoms with Gasteiger partial charge >= 0.3 is 0 Å². The second kappa shape index (κ2) is 13.8. The van der Waals surface area contributed by atoms with Crippen LogP contribution >= 0.6 is 35.5 Å². The van der Waals surface area contributed by atoms with Gasteiger partial charge < -0.3 is 9.47 Å². The molecule has 1 aromatic heterocycles. The van der Waals surface area contributed by atoms with Gasteiger partial charge in [0.1, 0.15) is 5.75 Å². The third-order valence-electron chi connectivity index (χ3n) is 6.08. The molecule has 0 spiro atoms. The normalized spacial score (nSPS) is 14.3. The van der Waals surface area contributed by atoms with Gasteiger partial charge in [-0.1, -0.05) is 11.3 Å². The zero-order valence-electron chi connectivity index (χ0n) is 20.9. The summed E-state index contributed by atoms with van der Waals surface area (Å²) in [5, 5.41) is 0.652. The zero-order valence-corrected chi connectivity index (χ0v) is 24.2. The van der Waals surface area contributed by atoms with Crippen LogP contribution in [0.5, 0.6) is 5.75 Å². The summed E-state index contributed by atoms with van der Waals surface area (Å²) in [4.78, 5) is 23.5. The molecule has 1 aliphatic heterocycles. The van der Waals surface area contributed by atoms with Crippen molar-refractivity contribution in [1.29, 1.82) is 0 Å². The topological polar surface area (TPSA) is 89.0 Å². The molecule has 0 radical (unpaired) electrons. The van der Waals surface area contributed by atoms with E-state index in [1.807, 2.05) is 18.4 Å².